The molecule has 1 aliphatic rings. The minimum Gasteiger partial charge on any atom is -0.481 e. The molecule has 1 unspecified atom stereocenters. The monoisotopic (exact) mass is 385 g/mol. The minimum absolute atomic E-state index is 0.116. The van der Waals surface area contributed by atoms with E-state index < -0.39 is 12.1 Å². The molecule has 0 aliphatic carbocycles. The van der Waals surface area contributed by atoms with Crippen molar-refractivity contribution in [3.05, 3.63) is 46.8 Å². The fraction of sp³-hybridized carbons (Fsp3) is 0.476. The number of amides is 1. The Hall–Kier alpha value is -2.83. The van der Waals surface area contributed by atoms with E-state index in [1.54, 1.807) is 18.7 Å². The van der Waals surface area contributed by atoms with Gasteiger partial charge in [-0.25, -0.2) is 4.79 Å². The van der Waals surface area contributed by atoms with Crippen LogP contribution in [0.1, 0.15) is 60.9 Å². The highest BCUT2D eigenvalue weighted by molar-refractivity contribution is 5.89. The normalized spacial score (nSPS) is 14.5. The van der Waals surface area contributed by atoms with Crippen molar-refractivity contribution in [2.45, 2.75) is 52.7 Å². The van der Waals surface area contributed by atoms with Gasteiger partial charge in [0, 0.05) is 24.2 Å². The average molecular weight is 385 g/mol. The topological polar surface area (TPSA) is 84.5 Å². The van der Waals surface area contributed by atoms with Gasteiger partial charge in [-0.05, 0) is 37.5 Å². The maximum Gasteiger partial charge on any atom is 0.359 e. The van der Waals surface area contributed by atoms with Crippen LogP contribution in [0.25, 0.3) is 0 Å². The van der Waals surface area contributed by atoms with Crippen molar-refractivity contribution >= 4 is 11.9 Å². The second-order valence-electron chi connectivity index (χ2n) is 7.24. The molecule has 28 heavy (non-hydrogen) atoms. The summed E-state index contributed by atoms with van der Waals surface area (Å²) in [7, 11) is 0. The molecule has 0 radical (unpaired) electrons. The molecule has 1 aromatic carbocycles. The van der Waals surface area contributed by atoms with Gasteiger partial charge in [0.1, 0.15) is 5.75 Å². The molecule has 1 aromatic heterocycles. The lowest BCUT2D eigenvalue weighted by Gasteiger charge is -2.29. The molecular formula is C21H27N3O4. The van der Waals surface area contributed by atoms with E-state index in [1.807, 2.05) is 24.3 Å². The van der Waals surface area contributed by atoms with E-state index in [0.717, 1.165) is 11.3 Å². The number of carbonyl (C=O) groups excluding carboxylic acids is 2. The number of nitrogens with one attached hydrogen (secondary N) is 1. The van der Waals surface area contributed by atoms with Crippen molar-refractivity contribution in [2.24, 2.45) is 0 Å². The van der Waals surface area contributed by atoms with Gasteiger partial charge in [-0.2, -0.15) is 5.10 Å². The molecule has 0 bridgehead atoms. The van der Waals surface area contributed by atoms with Crippen LogP contribution in [0.15, 0.2) is 24.3 Å². The van der Waals surface area contributed by atoms with Crippen molar-refractivity contribution in [3.63, 3.8) is 0 Å². The summed E-state index contributed by atoms with van der Waals surface area (Å²) in [5, 5.41) is 6.96. The van der Waals surface area contributed by atoms with Gasteiger partial charge in [0.15, 0.2) is 11.8 Å². The minimum atomic E-state index is -0.621. The Morgan fingerprint density at radius 2 is 1.93 bits per heavy atom. The van der Waals surface area contributed by atoms with Crippen LogP contribution in [0.4, 0.5) is 0 Å². The Morgan fingerprint density at radius 3 is 2.57 bits per heavy atom. The quantitative estimate of drug-likeness (QED) is 0.773. The summed E-state index contributed by atoms with van der Waals surface area (Å²) in [6.45, 7) is 8.91. The Labute approximate surface area is 165 Å². The summed E-state index contributed by atoms with van der Waals surface area (Å²) in [5.41, 5.74) is 3.09. The van der Waals surface area contributed by atoms with Gasteiger partial charge in [-0.1, -0.05) is 26.0 Å². The maximum absolute atomic E-state index is 12.9. The van der Waals surface area contributed by atoms with Gasteiger partial charge in [0.2, 0.25) is 0 Å². The molecule has 7 heteroatoms. The zero-order valence-electron chi connectivity index (χ0n) is 16.8. The lowest BCUT2D eigenvalue weighted by molar-refractivity contribution is -0.138. The fourth-order valence-corrected chi connectivity index (χ4v) is 3.29. The third-order valence-electron chi connectivity index (χ3n) is 4.92. The number of benzene rings is 1. The first kappa shape index (κ1) is 19.9. The molecule has 2 aromatic rings. The van der Waals surface area contributed by atoms with Crippen LogP contribution in [0.5, 0.6) is 5.75 Å². The molecule has 1 N–H and O–H groups in total. The molecule has 2 heterocycles. The number of H-pyrrole nitrogens is 1. The Balaban J connectivity index is 1.66. The summed E-state index contributed by atoms with van der Waals surface area (Å²) in [6, 6.07) is 7.81. The van der Waals surface area contributed by atoms with Gasteiger partial charge < -0.3 is 14.4 Å². The van der Waals surface area contributed by atoms with Gasteiger partial charge in [0.05, 0.1) is 13.2 Å². The van der Waals surface area contributed by atoms with Crippen LogP contribution in [-0.2, 0) is 22.5 Å². The molecule has 1 atom stereocenters. The van der Waals surface area contributed by atoms with Crippen molar-refractivity contribution < 1.29 is 19.1 Å². The molecule has 3 rings (SSSR count). The predicted octanol–water partition coefficient (Wildman–Crippen LogP) is 3.06. The molecule has 7 nitrogen and oxygen atoms in total. The first-order valence-corrected chi connectivity index (χ1v) is 9.69. The number of carbonyl (C=O) groups is 2. The lowest BCUT2D eigenvalue weighted by Crippen LogP contribution is -2.43. The molecule has 150 valence electrons. The Bertz CT molecular complexity index is 842. The zero-order chi connectivity index (χ0) is 20.3. The Morgan fingerprint density at radius 1 is 1.21 bits per heavy atom. The summed E-state index contributed by atoms with van der Waals surface area (Å²) in [4.78, 5) is 26.6. The van der Waals surface area contributed by atoms with Crippen LogP contribution >= 0.6 is 0 Å². The van der Waals surface area contributed by atoms with Crippen LogP contribution in [-0.4, -0.2) is 46.2 Å². The SMILES string of the molecule is CCOC(=O)c1n[nH]c2c1CN(C(=O)C(C)Oc1ccc(C(C)C)cc1)CC2. The summed E-state index contributed by atoms with van der Waals surface area (Å²) >= 11 is 0. The number of ether oxygens (including phenoxy) is 2. The number of hydrogen-bond donors (Lipinski definition) is 1. The van der Waals surface area contributed by atoms with Gasteiger partial charge in [0.25, 0.3) is 5.91 Å². The highest BCUT2D eigenvalue weighted by Gasteiger charge is 2.30. The molecule has 0 saturated carbocycles. The number of aromatic amines is 1. The number of aromatic nitrogens is 2. The molecule has 0 spiro atoms. The first-order valence-electron chi connectivity index (χ1n) is 9.69. The highest BCUT2D eigenvalue weighted by Crippen LogP contribution is 2.23. The van der Waals surface area contributed by atoms with Crippen molar-refractivity contribution in [1.82, 2.24) is 15.1 Å². The average Bonchev–Trinajstić information content (AvgIpc) is 3.11. The second kappa shape index (κ2) is 8.46. The number of hydrogen-bond acceptors (Lipinski definition) is 5. The zero-order valence-corrected chi connectivity index (χ0v) is 16.8. The standard InChI is InChI=1S/C21H27N3O4/c1-5-27-21(26)19-17-12-24(11-10-18(17)22-23-19)20(25)14(4)28-16-8-6-15(7-9-16)13(2)3/h6-9,13-14H,5,10-12H2,1-4H3,(H,22,23). The third kappa shape index (κ3) is 4.18. The van der Waals surface area contributed by atoms with Gasteiger partial charge in [-0.3, -0.25) is 9.89 Å². The van der Waals surface area contributed by atoms with E-state index in [9.17, 15) is 9.59 Å². The fourth-order valence-electron chi connectivity index (χ4n) is 3.29. The number of rotatable bonds is 6. The van der Waals surface area contributed by atoms with E-state index in [1.165, 1.54) is 5.56 Å². The highest BCUT2D eigenvalue weighted by atomic mass is 16.5. The lowest BCUT2D eigenvalue weighted by atomic mass is 10.0. The summed E-state index contributed by atoms with van der Waals surface area (Å²) in [5.74, 6) is 0.524. The van der Waals surface area contributed by atoms with E-state index in [0.29, 0.717) is 31.2 Å². The molecule has 1 aliphatic heterocycles. The summed E-state index contributed by atoms with van der Waals surface area (Å²) < 4.78 is 10.9. The molecular weight excluding hydrogens is 358 g/mol. The predicted molar refractivity (Wildman–Crippen MR) is 104 cm³/mol. The van der Waals surface area contributed by atoms with Crippen molar-refractivity contribution in [2.75, 3.05) is 13.2 Å². The van der Waals surface area contributed by atoms with Crippen molar-refractivity contribution in [3.8, 4) is 5.75 Å². The maximum atomic E-state index is 12.9. The van der Waals surface area contributed by atoms with Crippen LogP contribution in [0, 0.1) is 0 Å². The van der Waals surface area contributed by atoms with Crippen LogP contribution < -0.4 is 4.74 Å². The first-order chi connectivity index (χ1) is 13.4. The molecule has 0 fully saturated rings. The largest absolute Gasteiger partial charge is 0.481 e. The number of nitrogens with zero attached hydrogens (tertiary/aromatic N) is 2. The van der Waals surface area contributed by atoms with Gasteiger partial charge in [-0.15, -0.1) is 0 Å². The number of esters is 1. The number of fused-ring (bicyclic) bond motifs is 1. The smallest absolute Gasteiger partial charge is 0.359 e. The van der Waals surface area contributed by atoms with E-state index in [-0.39, 0.29) is 18.2 Å². The molecule has 0 saturated heterocycles. The van der Waals surface area contributed by atoms with E-state index in [2.05, 4.69) is 24.0 Å². The Kier molecular flexibility index (Phi) is 6.02. The second-order valence-corrected chi connectivity index (χ2v) is 7.24. The summed E-state index contributed by atoms with van der Waals surface area (Å²) in [6.07, 6.45) is -0.00656. The third-order valence-corrected chi connectivity index (χ3v) is 4.92. The van der Waals surface area contributed by atoms with Gasteiger partial charge >= 0.3 is 5.97 Å². The molecule has 1 amide bonds. The van der Waals surface area contributed by atoms with Crippen molar-refractivity contribution in [1.29, 1.82) is 0 Å². The van der Waals surface area contributed by atoms with E-state index in [4.69, 9.17) is 9.47 Å². The van der Waals surface area contributed by atoms with E-state index >= 15 is 0 Å². The van der Waals surface area contributed by atoms with Crippen LogP contribution in [0.2, 0.25) is 0 Å². The van der Waals surface area contributed by atoms with Crippen LogP contribution in [0.3, 0.4) is 0 Å².